The maximum absolute atomic E-state index is 12.0. The van der Waals surface area contributed by atoms with Crippen LogP contribution >= 0.6 is 0 Å². The number of aliphatic carboxylic acids is 1. The third-order valence-electron chi connectivity index (χ3n) is 3.22. The number of carboxylic acids is 1. The molecule has 2 N–H and O–H groups in total. The van der Waals surface area contributed by atoms with Crippen molar-refractivity contribution < 1.29 is 14.6 Å². The summed E-state index contributed by atoms with van der Waals surface area (Å²) in [6, 6.07) is 10.3. The Balaban J connectivity index is 2.11. The number of ether oxygens (including phenoxy) is 1. The normalized spacial score (nSPS) is 10.8. The number of carboxylic acid groups (broad SMARTS) is 1. The second-order valence-electron chi connectivity index (χ2n) is 4.75. The summed E-state index contributed by atoms with van der Waals surface area (Å²) in [6.07, 6.45) is -0.286. The molecule has 3 aromatic rings. The summed E-state index contributed by atoms with van der Waals surface area (Å²) in [6.45, 7) is 0. The molecule has 0 atom stereocenters. The van der Waals surface area contributed by atoms with Gasteiger partial charge < -0.3 is 9.84 Å². The van der Waals surface area contributed by atoms with Crippen LogP contribution in [0.3, 0.4) is 0 Å². The maximum atomic E-state index is 12.0. The molecule has 0 aliphatic rings. The number of aromatic amines is 1. The number of methoxy groups -OCH3 is 1. The zero-order valence-corrected chi connectivity index (χ0v) is 11.7. The van der Waals surface area contributed by atoms with Crippen molar-refractivity contribution in [2.45, 2.75) is 6.42 Å². The molecule has 7 heteroatoms. The van der Waals surface area contributed by atoms with E-state index in [2.05, 4.69) is 10.1 Å². The van der Waals surface area contributed by atoms with E-state index in [0.29, 0.717) is 17.1 Å². The van der Waals surface area contributed by atoms with E-state index in [1.165, 1.54) is 10.6 Å². The summed E-state index contributed by atoms with van der Waals surface area (Å²) >= 11 is 0. The summed E-state index contributed by atoms with van der Waals surface area (Å²) in [5.74, 6) is -0.331. The highest BCUT2D eigenvalue weighted by molar-refractivity contribution is 5.70. The number of aromatic nitrogens is 3. The van der Waals surface area contributed by atoms with Gasteiger partial charge in [-0.25, -0.2) is 9.50 Å². The van der Waals surface area contributed by atoms with Crippen LogP contribution in [-0.2, 0) is 11.2 Å². The van der Waals surface area contributed by atoms with Crippen molar-refractivity contribution >= 4 is 11.6 Å². The monoisotopic (exact) mass is 299 g/mol. The molecule has 0 amide bonds. The molecule has 22 heavy (non-hydrogen) atoms. The topological polar surface area (TPSA) is 96.7 Å². The van der Waals surface area contributed by atoms with E-state index in [9.17, 15) is 9.59 Å². The molecule has 0 saturated carbocycles. The van der Waals surface area contributed by atoms with Crippen molar-refractivity contribution in [2.24, 2.45) is 0 Å². The lowest BCUT2D eigenvalue weighted by Crippen LogP contribution is -2.16. The van der Waals surface area contributed by atoms with Gasteiger partial charge in [-0.05, 0) is 12.1 Å². The number of benzene rings is 1. The second-order valence-corrected chi connectivity index (χ2v) is 4.75. The van der Waals surface area contributed by atoms with Gasteiger partial charge in [0.2, 0.25) is 0 Å². The van der Waals surface area contributed by atoms with E-state index in [4.69, 9.17) is 9.84 Å². The molecule has 0 fully saturated rings. The highest BCUT2D eigenvalue weighted by Gasteiger charge is 2.10. The van der Waals surface area contributed by atoms with Crippen molar-refractivity contribution in [1.29, 1.82) is 0 Å². The summed E-state index contributed by atoms with van der Waals surface area (Å²) in [4.78, 5) is 27.0. The van der Waals surface area contributed by atoms with Gasteiger partial charge in [0, 0.05) is 17.7 Å². The highest BCUT2D eigenvalue weighted by atomic mass is 16.5. The quantitative estimate of drug-likeness (QED) is 0.757. The van der Waals surface area contributed by atoms with Gasteiger partial charge in [-0.3, -0.25) is 14.7 Å². The van der Waals surface area contributed by atoms with Crippen LogP contribution in [0.4, 0.5) is 0 Å². The molecule has 0 aliphatic heterocycles. The molecule has 0 spiro atoms. The van der Waals surface area contributed by atoms with Crippen molar-refractivity contribution in [2.75, 3.05) is 7.11 Å². The maximum Gasteiger partial charge on any atom is 0.309 e. The fourth-order valence-corrected chi connectivity index (χ4v) is 2.22. The predicted molar refractivity (Wildman–Crippen MR) is 79.1 cm³/mol. The van der Waals surface area contributed by atoms with Crippen LogP contribution in [-0.4, -0.2) is 32.8 Å². The first-order valence-corrected chi connectivity index (χ1v) is 6.55. The van der Waals surface area contributed by atoms with Crippen LogP contribution in [0, 0.1) is 0 Å². The Morgan fingerprint density at radius 2 is 2.18 bits per heavy atom. The molecule has 7 nitrogen and oxygen atoms in total. The molecule has 112 valence electrons. The van der Waals surface area contributed by atoms with Gasteiger partial charge in [-0.15, -0.1) is 0 Å². The number of nitrogens with one attached hydrogen (secondary N) is 1. The van der Waals surface area contributed by atoms with Crippen LogP contribution in [0.2, 0.25) is 0 Å². The van der Waals surface area contributed by atoms with Crippen LogP contribution in [0.5, 0.6) is 5.75 Å². The Kier molecular flexibility index (Phi) is 3.38. The number of fused-ring (bicyclic) bond motifs is 1. The van der Waals surface area contributed by atoms with Crippen molar-refractivity contribution in [3.05, 3.63) is 52.4 Å². The molecule has 2 aromatic heterocycles. The Bertz CT molecular complexity index is 911. The molecule has 0 saturated heterocycles. The Labute approximate surface area is 124 Å². The molecule has 1 aromatic carbocycles. The number of H-pyrrole nitrogens is 1. The summed E-state index contributed by atoms with van der Waals surface area (Å²) in [5, 5.41) is 11.8. The summed E-state index contributed by atoms with van der Waals surface area (Å²) < 4.78 is 6.45. The van der Waals surface area contributed by atoms with Gasteiger partial charge >= 0.3 is 5.97 Å². The van der Waals surface area contributed by atoms with E-state index in [0.717, 1.165) is 5.56 Å². The van der Waals surface area contributed by atoms with E-state index >= 15 is 0 Å². The standard InChI is InChI=1S/C15H13N3O4/c1-22-11-4-2-3-9(5-11)12-8-13-16-10(7-15(20)21)6-14(19)18(13)17-12/h2-6,8,17H,7H2,1H3,(H,20,21). The zero-order chi connectivity index (χ0) is 15.7. The Hall–Kier alpha value is -3.09. The van der Waals surface area contributed by atoms with Gasteiger partial charge in [-0.1, -0.05) is 12.1 Å². The highest BCUT2D eigenvalue weighted by Crippen LogP contribution is 2.23. The first kappa shape index (κ1) is 13.9. The molecule has 0 aliphatic carbocycles. The van der Waals surface area contributed by atoms with Crippen LogP contribution in [0.25, 0.3) is 16.9 Å². The lowest BCUT2D eigenvalue weighted by Gasteiger charge is -2.01. The minimum atomic E-state index is -1.03. The van der Waals surface area contributed by atoms with Crippen molar-refractivity contribution in [3.63, 3.8) is 0 Å². The average Bonchev–Trinajstić information content (AvgIpc) is 2.91. The van der Waals surface area contributed by atoms with Gasteiger partial charge in [0.25, 0.3) is 5.56 Å². The van der Waals surface area contributed by atoms with E-state index in [1.54, 1.807) is 13.2 Å². The van der Waals surface area contributed by atoms with Crippen LogP contribution in [0.1, 0.15) is 5.69 Å². The Morgan fingerprint density at radius 3 is 2.91 bits per heavy atom. The lowest BCUT2D eigenvalue weighted by atomic mass is 10.1. The number of rotatable bonds is 4. The molecule has 0 bridgehead atoms. The molecule has 0 radical (unpaired) electrons. The summed E-state index contributed by atoms with van der Waals surface area (Å²) in [7, 11) is 1.58. The molecular weight excluding hydrogens is 286 g/mol. The molecule has 2 heterocycles. The number of hydrogen-bond donors (Lipinski definition) is 2. The van der Waals surface area contributed by atoms with Crippen molar-refractivity contribution in [1.82, 2.24) is 14.6 Å². The third kappa shape index (κ3) is 2.56. The Morgan fingerprint density at radius 1 is 1.36 bits per heavy atom. The van der Waals surface area contributed by atoms with Gasteiger partial charge in [0.05, 0.1) is 24.9 Å². The molecular formula is C15H13N3O4. The fourth-order valence-electron chi connectivity index (χ4n) is 2.22. The SMILES string of the molecule is COc1cccc(-c2cc3nc(CC(=O)O)cc(=O)n3[nH]2)c1. The van der Waals surface area contributed by atoms with E-state index in [1.807, 2.05) is 24.3 Å². The van der Waals surface area contributed by atoms with Gasteiger partial charge in [0.15, 0.2) is 5.65 Å². The molecule has 3 rings (SSSR count). The van der Waals surface area contributed by atoms with E-state index < -0.39 is 5.97 Å². The second kappa shape index (κ2) is 5.36. The smallest absolute Gasteiger partial charge is 0.309 e. The largest absolute Gasteiger partial charge is 0.497 e. The first-order valence-electron chi connectivity index (χ1n) is 6.55. The van der Waals surface area contributed by atoms with Gasteiger partial charge in [0.1, 0.15) is 5.75 Å². The number of carbonyl (C=O) groups is 1. The fraction of sp³-hybridized carbons (Fsp3) is 0.133. The predicted octanol–water partition coefficient (Wildman–Crippen LogP) is 1.33. The molecule has 0 unspecified atom stereocenters. The summed E-state index contributed by atoms with van der Waals surface area (Å²) in [5.41, 5.74) is 1.78. The van der Waals surface area contributed by atoms with Crippen LogP contribution in [0.15, 0.2) is 41.2 Å². The lowest BCUT2D eigenvalue weighted by molar-refractivity contribution is -0.136. The third-order valence-corrected chi connectivity index (χ3v) is 3.22. The zero-order valence-electron chi connectivity index (χ0n) is 11.7. The van der Waals surface area contributed by atoms with E-state index in [-0.39, 0.29) is 17.7 Å². The van der Waals surface area contributed by atoms with Crippen LogP contribution < -0.4 is 10.3 Å². The number of nitrogens with zero attached hydrogens (tertiary/aromatic N) is 2. The minimum Gasteiger partial charge on any atom is -0.497 e. The average molecular weight is 299 g/mol. The minimum absolute atomic E-state index is 0.230. The van der Waals surface area contributed by atoms with Gasteiger partial charge in [-0.2, -0.15) is 0 Å². The first-order chi connectivity index (χ1) is 10.6. The number of hydrogen-bond acceptors (Lipinski definition) is 4. The van der Waals surface area contributed by atoms with Crippen molar-refractivity contribution in [3.8, 4) is 17.0 Å².